The topological polar surface area (TPSA) is 33.1 Å². The molecular weight excluding hydrogens is 345 g/mol. The second-order valence-corrected chi connectivity index (χ2v) is 4.79. The lowest BCUT2D eigenvalue weighted by molar-refractivity contribution is -0.138. The van der Waals surface area contributed by atoms with Gasteiger partial charge >= 0.3 is 6.18 Å². The average molecular weight is 362 g/mol. The molecule has 0 saturated heterocycles. The van der Waals surface area contributed by atoms with Crippen molar-refractivity contribution in [1.82, 2.24) is 0 Å². The van der Waals surface area contributed by atoms with E-state index in [0.29, 0.717) is 12.5 Å². The Kier molecular flexibility index (Phi) is 8.78. The molecule has 126 valence electrons. The van der Waals surface area contributed by atoms with Gasteiger partial charge in [-0.25, -0.2) is 4.39 Å². The van der Waals surface area contributed by atoms with Crippen molar-refractivity contribution < 1.29 is 22.3 Å². The van der Waals surface area contributed by atoms with Crippen molar-refractivity contribution >= 4 is 29.9 Å². The molecule has 0 aliphatic carbocycles. The zero-order valence-electron chi connectivity index (χ0n) is 11.8. The largest absolute Gasteiger partial charge is 0.481 e. The van der Waals surface area contributed by atoms with Crippen LogP contribution in [0.1, 0.15) is 36.8 Å². The van der Waals surface area contributed by atoms with Crippen molar-refractivity contribution in [3.05, 3.63) is 35.1 Å². The maximum atomic E-state index is 13.1. The number of alkyl halides is 4. The molecule has 1 atom stereocenters. The number of benzene rings is 1. The molecule has 0 heterocycles. The summed E-state index contributed by atoms with van der Waals surface area (Å²) in [6.07, 6.45) is -4.03. The highest BCUT2D eigenvalue weighted by molar-refractivity contribution is 6.17. The smallest absolute Gasteiger partial charge is 0.416 e. The minimum absolute atomic E-state index is 0. The molecule has 0 amide bonds. The number of hydrogen-bond donors (Lipinski definition) is 1. The van der Waals surface area contributed by atoms with E-state index in [1.165, 1.54) is 0 Å². The van der Waals surface area contributed by atoms with Crippen LogP contribution in [0.25, 0.3) is 0 Å². The highest BCUT2D eigenvalue weighted by Gasteiger charge is 2.36. The van der Waals surface area contributed by atoms with E-state index in [2.05, 4.69) is 0 Å². The lowest BCUT2D eigenvalue weighted by Gasteiger charge is -2.22. The van der Waals surface area contributed by atoms with Crippen LogP contribution in [0.3, 0.4) is 0 Å². The average Bonchev–Trinajstić information content (AvgIpc) is 2.39. The molecule has 0 aliphatic rings. The third kappa shape index (κ3) is 5.65. The van der Waals surface area contributed by atoms with E-state index in [1.807, 2.05) is 0 Å². The first kappa shape index (κ1) is 21.0. The predicted molar refractivity (Wildman–Crippen MR) is 80.7 cm³/mol. The summed E-state index contributed by atoms with van der Waals surface area (Å²) in [4.78, 5) is 0. The summed E-state index contributed by atoms with van der Waals surface area (Å²) in [5, 5.41) is 7.79. The number of ether oxygens (including phenoxy) is 1. The van der Waals surface area contributed by atoms with E-state index in [0.717, 1.165) is 12.1 Å². The second-order valence-electron chi connectivity index (χ2n) is 4.41. The van der Waals surface area contributed by atoms with Crippen LogP contribution < -0.4 is 0 Å². The minimum atomic E-state index is -4.69. The van der Waals surface area contributed by atoms with Gasteiger partial charge in [0.15, 0.2) is 5.90 Å². The molecular formula is C14H17Cl2F4NO. The quantitative estimate of drug-likeness (QED) is 0.313. The van der Waals surface area contributed by atoms with Crippen LogP contribution in [-0.4, -0.2) is 18.4 Å². The van der Waals surface area contributed by atoms with Crippen LogP contribution >= 0.6 is 24.0 Å². The summed E-state index contributed by atoms with van der Waals surface area (Å²) in [7, 11) is 0. The van der Waals surface area contributed by atoms with Gasteiger partial charge < -0.3 is 4.74 Å². The number of rotatable bonds is 6. The third-order valence-corrected chi connectivity index (χ3v) is 3.21. The third-order valence-electron chi connectivity index (χ3n) is 2.94. The summed E-state index contributed by atoms with van der Waals surface area (Å²) in [5.74, 6) is -1.86. The molecule has 0 aromatic heterocycles. The number of halogens is 6. The molecule has 22 heavy (non-hydrogen) atoms. The Hall–Kier alpha value is -1.01. The molecule has 0 fully saturated rings. The number of nitrogens with one attached hydrogen (secondary N) is 1. The van der Waals surface area contributed by atoms with Gasteiger partial charge in [-0.05, 0) is 37.5 Å². The number of hydrogen-bond acceptors (Lipinski definition) is 2. The minimum Gasteiger partial charge on any atom is -0.481 e. The van der Waals surface area contributed by atoms with Crippen molar-refractivity contribution in [1.29, 1.82) is 5.41 Å². The first-order valence-corrected chi connectivity index (χ1v) is 6.98. The van der Waals surface area contributed by atoms with E-state index >= 15 is 0 Å². The van der Waals surface area contributed by atoms with Gasteiger partial charge in [-0.3, -0.25) is 5.41 Å². The Morgan fingerprint density at radius 3 is 2.50 bits per heavy atom. The van der Waals surface area contributed by atoms with Gasteiger partial charge in [0.1, 0.15) is 5.82 Å². The molecule has 1 aromatic rings. The van der Waals surface area contributed by atoms with Crippen molar-refractivity contribution in [3.8, 4) is 0 Å². The first-order valence-electron chi connectivity index (χ1n) is 6.45. The van der Waals surface area contributed by atoms with E-state index in [9.17, 15) is 17.6 Å². The molecule has 0 saturated carbocycles. The highest BCUT2D eigenvalue weighted by Crippen LogP contribution is 2.37. The van der Waals surface area contributed by atoms with Gasteiger partial charge in [-0.2, -0.15) is 13.2 Å². The standard InChI is InChI=1S/C14H16ClF4NO.ClH/c1-2-21-13(20)11(4-3-7-15)10-6-5-9(16)8-12(10)14(17,18)19;/h5-6,8,11,20H,2-4,7H2,1H3;1H. The summed E-state index contributed by atoms with van der Waals surface area (Å²) in [6, 6.07) is 2.46. The van der Waals surface area contributed by atoms with Crippen LogP contribution in [0.5, 0.6) is 0 Å². The van der Waals surface area contributed by atoms with Gasteiger partial charge in [0, 0.05) is 5.88 Å². The van der Waals surface area contributed by atoms with Crippen molar-refractivity contribution in [2.75, 3.05) is 12.5 Å². The predicted octanol–water partition coefficient (Wildman–Crippen LogP) is 5.38. The molecule has 1 unspecified atom stereocenters. The zero-order valence-corrected chi connectivity index (χ0v) is 13.4. The second kappa shape index (κ2) is 9.20. The Labute approximate surface area is 137 Å². The Morgan fingerprint density at radius 1 is 1.36 bits per heavy atom. The van der Waals surface area contributed by atoms with Gasteiger partial charge in [-0.15, -0.1) is 24.0 Å². The SMILES string of the molecule is CCOC(=N)C(CCCCl)c1ccc(F)cc1C(F)(F)F.Cl. The fourth-order valence-electron chi connectivity index (χ4n) is 2.04. The normalized spacial score (nSPS) is 12.5. The molecule has 0 spiro atoms. The molecule has 1 aromatic carbocycles. The molecule has 1 N–H and O–H groups in total. The van der Waals surface area contributed by atoms with Crippen LogP contribution in [0.4, 0.5) is 17.6 Å². The molecule has 0 radical (unpaired) electrons. The van der Waals surface area contributed by atoms with E-state index in [1.54, 1.807) is 6.92 Å². The summed E-state index contributed by atoms with van der Waals surface area (Å²) >= 11 is 5.58. The lowest BCUT2D eigenvalue weighted by atomic mass is 9.90. The monoisotopic (exact) mass is 361 g/mol. The van der Waals surface area contributed by atoms with Crippen molar-refractivity contribution in [2.45, 2.75) is 31.9 Å². The molecule has 1 rings (SSSR count). The Balaban J connectivity index is 0.00000441. The zero-order chi connectivity index (χ0) is 16.0. The van der Waals surface area contributed by atoms with Gasteiger partial charge in [0.2, 0.25) is 0 Å². The summed E-state index contributed by atoms with van der Waals surface area (Å²) in [6.45, 7) is 1.82. The lowest BCUT2D eigenvalue weighted by Crippen LogP contribution is -2.20. The van der Waals surface area contributed by atoms with Crippen LogP contribution in [0, 0.1) is 11.2 Å². The van der Waals surface area contributed by atoms with E-state index in [4.69, 9.17) is 21.7 Å². The highest BCUT2D eigenvalue weighted by atomic mass is 35.5. The van der Waals surface area contributed by atoms with Crippen molar-refractivity contribution in [3.63, 3.8) is 0 Å². The van der Waals surface area contributed by atoms with Gasteiger partial charge in [0.05, 0.1) is 18.1 Å². The molecule has 2 nitrogen and oxygen atoms in total. The molecule has 0 bridgehead atoms. The van der Waals surface area contributed by atoms with E-state index in [-0.39, 0.29) is 42.8 Å². The fraction of sp³-hybridized carbons (Fsp3) is 0.500. The van der Waals surface area contributed by atoms with Crippen LogP contribution in [0.2, 0.25) is 0 Å². The summed E-state index contributed by atoms with van der Waals surface area (Å²) < 4.78 is 57.3. The Bertz CT molecular complexity index is 494. The van der Waals surface area contributed by atoms with Crippen molar-refractivity contribution in [2.24, 2.45) is 0 Å². The maximum Gasteiger partial charge on any atom is 0.416 e. The van der Waals surface area contributed by atoms with Gasteiger partial charge in [-0.1, -0.05) is 6.07 Å². The van der Waals surface area contributed by atoms with Crippen LogP contribution in [0.15, 0.2) is 18.2 Å². The van der Waals surface area contributed by atoms with Gasteiger partial charge in [0.25, 0.3) is 0 Å². The first-order chi connectivity index (χ1) is 9.81. The summed E-state index contributed by atoms with van der Waals surface area (Å²) in [5.41, 5.74) is -1.24. The Morgan fingerprint density at radius 2 is 2.00 bits per heavy atom. The fourth-order valence-corrected chi connectivity index (χ4v) is 2.20. The van der Waals surface area contributed by atoms with E-state index < -0.39 is 23.5 Å². The maximum absolute atomic E-state index is 13.1. The molecule has 0 aliphatic heterocycles. The van der Waals surface area contributed by atoms with Crippen LogP contribution in [-0.2, 0) is 10.9 Å². The molecule has 8 heteroatoms.